The molecule has 5 rings (SSSR count). The smallest absolute Gasteiger partial charge is 0.223 e. The van der Waals surface area contributed by atoms with Crippen LogP contribution in [0.5, 0.6) is 0 Å². The van der Waals surface area contributed by atoms with Gasteiger partial charge in [-0.2, -0.15) is 0 Å². The molecule has 33 heavy (non-hydrogen) atoms. The number of halogens is 1. The van der Waals surface area contributed by atoms with Crippen LogP contribution in [0, 0.1) is 5.92 Å². The second-order valence-electron chi connectivity index (χ2n) is 9.24. The van der Waals surface area contributed by atoms with Crippen LogP contribution in [0.3, 0.4) is 0 Å². The molecule has 8 heteroatoms. The van der Waals surface area contributed by atoms with E-state index in [1.54, 1.807) is 0 Å². The van der Waals surface area contributed by atoms with Crippen molar-refractivity contribution in [1.82, 2.24) is 24.8 Å². The van der Waals surface area contributed by atoms with Crippen molar-refractivity contribution in [3.63, 3.8) is 0 Å². The summed E-state index contributed by atoms with van der Waals surface area (Å²) in [4.78, 5) is 21.4. The number of piperidine rings is 1. The monoisotopic (exact) mass is 465 g/mol. The lowest BCUT2D eigenvalue weighted by atomic mass is 9.96. The highest BCUT2D eigenvalue weighted by molar-refractivity contribution is 6.31. The van der Waals surface area contributed by atoms with E-state index in [9.17, 15) is 0 Å². The van der Waals surface area contributed by atoms with Gasteiger partial charge in [0.05, 0.1) is 10.9 Å². The maximum absolute atomic E-state index is 6.26. The lowest BCUT2D eigenvalue weighted by molar-refractivity contribution is 0.155. The molecular weight excluding hydrogens is 434 g/mol. The summed E-state index contributed by atoms with van der Waals surface area (Å²) in [6, 6.07) is 9.77. The molecule has 2 aromatic heterocycles. The molecule has 2 saturated heterocycles. The first-order valence-corrected chi connectivity index (χ1v) is 12.3. The predicted molar refractivity (Wildman–Crippen MR) is 135 cm³/mol. The van der Waals surface area contributed by atoms with Gasteiger partial charge in [-0.15, -0.1) is 0 Å². The van der Waals surface area contributed by atoms with Crippen LogP contribution in [0.1, 0.15) is 18.4 Å². The number of hydrogen-bond acceptors (Lipinski definition) is 7. The summed E-state index contributed by atoms with van der Waals surface area (Å²) < 4.78 is 0. The van der Waals surface area contributed by atoms with Crippen molar-refractivity contribution in [3.05, 3.63) is 53.3 Å². The summed E-state index contributed by atoms with van der Waals surface area (Å²) in [6.45, 7) is 8.44. The predicted octanol–water partition coefficient (Wildman–Crippen LogP) is 3.75. The molecule has 0 amide bonds. The third-order valence-electron chi connectivity index (χ3n) is 6.91. The van der Waals surface area contributed by atoms with E-state index in [1.807, 2.05) is 42.7 Å². The van der Waals surface area contributed by atoms with Gasteiger partial charge in [-0.25, -0.2) is 15.0 Å². The highest BCUT2D eigenvalue weighted by Gasteiger charge is 2.24. The molecule has 1 N–H and O–H groups in total. The van der Waals surface area contributed by atoms with Crippen molar-refractivity contribution in [3.8, 4) is 0 Å². The molecule has 0 unspecified atom stereocenters. The molecule has 7 nitrogen and oxygen atoms in total. The molecular formula is C25H32ClN7. The number of fused-ring (bicyclic) bond motifs is 1. The topological polar surface area (TPSA) is 60.4 Å². The number of nitrogens with zero attached hydrogens (tertiary/aromatic N) is 6. The normalized spacial score (nSPS) is 18.7. The minimum absolute atomic E-state index is 0.586. The summed E-state index contributed by atoms with van der Waals surface area (Å²) >= 11 is 6.26. The fraction of sp³-hybridized carbons (Fsp3) is 0.480. The van der Waals surface area contributed by atoms with Crippen molar-refractivity contribution in [2.24, 2.45) is 5.92 Å². The Balaban J connectivity index is 1.21. The summed E-state index contributed by atoms with van der Waals surface area (Å²) in [7, 11) is 2.23. The van der Waals surface area contributed by atoms with Gasteiger partial charge in [0.25, 0.3) is 0 Å². The number of nitrogens with one attached hydrogen (secondary N) is 1. The van der Waals surface area contributed by atoms with Crippen LogP contribution < -0.4 is 10.2 Å². The van der Waals surface area contributed by atoms with Gasteiger partial charge < -0.3 is 15.1 Å². The van der Waals surface area contributed by atoms with Crippen LogP contribution in [0.25, 0.3) is 10.9 Å². The van der Waals surface area contributed by atoms with Crippen molar-refractivity contribution in [2.75, 3.05) is 63.1 Å². The van der Waals surface area contributed by atoms with E-state index in [4.69, 9.17) is 21.6 Å². The Morgan fingerprint density at radius 3 is 2.58 bits per heavy atom. The van der Waals surface area contributed by atoms with E-state index >= 15 is 0 Å². The highest BCUT2D eigenvalue weighted by Crippen LogP contribution is 2.26. The quantitative estimate of drug-likeness (QED) is 0.594. The van der Waals surface area contributed by atoms with Crippen molar-refractivity contribution >= 4 is 34.3 Å². The average Bonchev–Trinajstić information content (AvgIpc) is 2.85. The zero-order valence-corrected chi connectivity index (χ0v) is 20.0. The van der Waals surface area contributed by atoms with E-state index in [2.05, 4.69) is 32.0 Å². The summed E-state index contributed by atoms with van der Waals surface area (Å²) in [6.07, 6.45) is 6.40. The minimum Gasteiger partial charge on any atom is -0.353 e. The van der Waals surface area contributed by atoms with Crippen molar-refractivity contribution in [2.45, 2.75) is 19.4 Å². The zero-order valence-electron chi connectivity index (χ0n) is 19.3. The molecule has 3 aromatic rings. The van der Waals surface area contributed by atoms with Crippen LogP contribution in [0.4, 0.5) is 11.8 Å². The minimum atomic E-state index is 0.586. The molecule has 0 aliphatic carbocycles. The van der Waals surface area contributed by atoms with Crippen LogP contribution in [0.15, 0.2) is 42.7 Å². The molecule has 174 valence electrons. The Hall–Kier alpha value is -2.48. The number of aromatic nitrogens is 3. The number of anilines is 2. The maximum atomic E-state index is 6.26. The summed E-state index contributed by atoms with van der Waals surface area (Å²) in [5.41, 5.74) is 1.93. The van der Waals surface area contributed by atoms with Crippen LogP contribution in [-0.4, -0.2) is 77.6 Å². The number of rotatable bonds is 6. The van der Waals surface area contributed by atoms with Gasteiger partial charge in [-0.3, -0.25) is 4.90 Å². The van der Waals surface area contributed by atoms with E-state index in [0.717, 1.165) is 59.4 Å². The Morgan fingerprint density at radius 1 is 1.00 bits per heavy atom. The number of hydrogen-bond donors (Lipinski definition) is 1. The van der Waals surface area contributed by atoms with Crippen LogP contribution in [0.2, 0.25) is 5.02 Å². The summed E-state index contributed by atoms with van der Waals surface area (Å²) in [5, 5.41) is 5.04. The largest absolute Gasteiger partial charge is 0.353 e. The van der Waals surface area contributed by atoms with Crippen LogP contribution >= 0.6 is 11.6 Å². The molecule has 0 atom stereocenters. The second kappa shape index (κ2) is 10.2. The van der Waals surface area contributed by atoms with Gasteiger partial charge in [-0.05, 0) is 56.6 Å². The number of benzene rings is 1. The number of piperazine rings is 1. The van der Waals surface area contributed by atoms with Crippen molar-refractivity contribution < 1.29 is 0 Å². The van der Waals surface area contributed by atoms with E-state index < -0.39 is 0 Å². The summed E-state index contributed by atoms with van der Waals surface area (Å²) in [5.74, 6) is 2.43. The average molecular weight is 466 g/mol. The second-order valence-corrected chi connectivity index (χ2v) is 9.65. The third kappa shape index (κ3) is 5.37. The lowest BCUT2D eigenvalue weighted by Gasteiger charge is -2.38. The Bertz CT molecular complexity index is 1080. The molecule has 0 saturated carbocycles. The fourth-order valence-electron chi connectivity index (χ4n) is 4.85. The molecule has 0 radical (unpaired) electrons. The van der Waals surface area contributed by atoms with Gasteiger partial charge >= 0.3 is 0 Å². The van der Waals surface area contributed by atoms with Crippen molar-refractivity contribution in [1.29, 1.82) is 0 Å². The SMILES string of the molecule is CN1CCC(CN2CCN(c3nccc4nc(NCc5ccccc5Cl)ncc34)CC2)CC1. The first-order valence-electron chi connectivity index (χ1n) is 11.9. The highest BCUT2D eigenvalue weighted by atomic mass is 35.5. The Morgan fingerprint density at radius 2 is 1.79 bits per heavy atom. The van der Waals surface area contributed by atoms with Gasteiger partial charge in [-0.1, -0.05) is 29.8 Å². The Labute approximate surface area is 200 Å². The standard InChI is InChI=1S/C25H32ClN7/c1-31-10-7-19(8-11-31)18-32-12-14-33(15-13-32)24-21-17-29-25(30-23(21)6-9-27-24)28-16-20-4-2-3-5-22(20)26/h2-6,9,17,19H,7-8,10-16,18H2,1H3,(H,28,29,30). The van der Waals surface area contributed by atoms with Gasteiger partial charge in [0.1, 0.15) is 5.82 Å². The molecule has 4 heterocycles. The fourth-order valence-corrected chi connectivity index (χ4v) is 5.05. The molecule has 1 aromatic carbocycles. The molecule has 0 bridgehead atoms. The third-order valence-corrected chi connectivity index (χ3v) is 7.28. The zero-order chi connectivity index (χ0) is 22.6. The van der Waals surface area contributed by atoms with E-state index in [1.165, 1.54) is 32.5 Å². The van der Waals surface area contributed by atoms with Gasteiger partial charge in [0.2, 0.25) is 5.95 Å². The maximum Gasteiger partial charge on any atom is 0.223 e. The molecule has 2 fully saturated rings. The number of pyridine rings is 1. The Kier molecular flexibility index (Phi) is 6.90. The van der Waals surface area contributed by atoms with Gasteiger partial charge in [0.15, 0.2) is 0 Å². The van der Waals surface area contributed by atoms with E-state index in [-0.39, 0.29) is 0 Å². The first kappa shape index (κ1) is 22.3. The molecule has 2 aliphatic heterocycles. The lowest BCUT2D eigenvalue weighted by Crippen LogP contribution is -2.49. The first-order chi connectivity index (χ1) is 16.2. The van der Waals surface area contributed by atoms with Crippen LogP contribution in [-0.2, 0) is 6.54 Å². The van der Waals surface area contributed by atoms with E-state index in [0.29, 0.717) is 12.5 Å². The molecule has 0 spiro atoms. The number of likely N-dealkylation sites (tertiary alicyclic amines) is 1. The van der Waals surface area contributed by atoms with Gasteiger partial charge in [0, 0.05) is 56.7 Å². The molecule has 2 aliphatic rings.